The van der Waals surface area contributed by atoms with Crippen molar-refractivity contribution in [2.24, 2.45) is 5.92 Å². The number of likely N-dealkylation sites (N-methyl/N-ethyl adjacent to an activating group) is 1. The minimum absolute atomic E-state index is 0.0785. The van der Waals surface area contributed by atoms with Gasteiger partial charge in [-0.25, -0.2) is 9.59 Å². The molecule has 0 N–H and O–H groups in total. The van der Waals surface area contributed by atoms with E-state index in [0.29, 0.717) is 26.2 Å². The molecule has 0 aliphatic carbocycles. The predicted molar refractivity (Wildman–Crippen MR) is 166 cm³/mol. The molecule has 3 amide bonds. The van der Waals surface area contributed by atoms with Crippen LogP contribution in [0.5, 0.6) is 0 Å². The number of benzene rings is 3. The first-order valence-electron chi connectivity index (χ1n) is 15.0. The molecule has 0 aromatic heterocycles. The Bertz CT molecular complexity index is 1320. The van der Waals surface area contributed by atoms with Crippen LogP contribution in [0.1, 0.15) is 37.5 Å². The molecule has 0 radical (unpaired) electrons. The highest BCUT2D eigenvalue weighted by molar-refractivity contribution is 5.87. The largest absolute Gasteiger partial charge is 0.467 e. The molecule has 43 heavy (non-hydrogen) atoms. The molecule has 0 spiro atoms. The third-order valence-electron chi connectivity index (χ3n) is 8.88. The smallest absolute Gasteiger partial charge is 0.328 e. The van der Waals surface area contributed by atoms with E-state index in [-0.39, 0.29) is 29.9 Å². The monoisotopic (exact) mass is 582 g/mol. The lowest BCUT2D eigenvalue weighted by atomic mass is 9.76. The Morgan fingerprint density at radius 2 is 1.30 bits per heavy atom. The zero-order valence-electron chi connectivity index (χ0n) is 25.7. The van der Waals surface area contributed by atoms with Crippen LogP contribution in [-0.2, 0) is 19.9 Å². The third-order valence-corrected chi connectivity index (χ3v) is 8.88. The summed E-state index contributed by atoms with van der Waals surface area (Å²) in [4.78, 5) is 47.4. The van der Waals surface area contributed by atoms with E-state index in [1.165, 1.54) is 12.0 Å². The number of carbonyl (C=O) groups is 3. The van der Waals surface area contributed by atoms with E-state index in [2.05, 4.69) is 77.7 Å². The van der Waals surface area contributed by atoms with Gasteiger partial charge < -0.3 is 19.4 Å². The van der Waals surface area contributed by atoms with E-state index in [9.17, 15) is 14.4 Å². The maximum absolute atomic E-state index is 14.2. The average Bonchev–Trinajstić information content (AvgIpc) is 3.83. The lowest BCUT2D eigenvalue weighted by molar-refractivity contribution is -0.147. The number of nitrogens with zero attached hydrogens (tertiary/aromatic N) is 4. The number of methoxy groups -OCH3 is 1. The van der Waals surface area contributed by atoms with Crippen LogP contribution in [0.4, 0.5) is 4.79 Å². The van der Waals surface area contributed by atoms with Crippen LogP contribution in [0.2, 0.25) is 0 Å². The molecule has 3 aromatic carbocycles. The summed E-state index contributed by atoms with van der Waals surface area (Å²) in [6.45, 7) is 7.64. The number of hydrogen-bond acceptors (Lipinski definition) is 5. The number of ether oxygens (including phenoxy) is 1. The van der Waals surface area contributed by atoms with Crippen LogP contribution in [0, 0.1) is 5.92 Å². The minimum atomic E-state index is -0.672. The van der Waals surface area contributed by atoms with Crippen molar-refractivity contribution in [1.82, 2.24) is 19.6 Å². The van der Waals surface area contributed by atoms with Crippen LogP contribution in [0.15, 0.2) is 91.0 Å². The third kappa shape index (κ3) is 5.64. The fourth-order valence-electron chi connectivity index (χ4n) is 6.75. The lowest BCUT2D eigenvalue weighted by Gasteiger charge is -2.43. The van der Waals surface area contributed by atoms with Gasteiger partial charge in [0.15, 0.2) is 0 Å². The van der Waals surface area contributed by atoms with E-state index in [1.54, 1.807) is 11.9 Å². The summed E-state index contributed by atoms with van der Waals surface area (Å²) in [5.74, 6) is -0.448. The van der Waals surface area contributed by atoms with Crippen molar-refractivity contribution in [2.45, 2.75) is 44.4 Å². The van der Waals surface area contributed by atoms with Crippen molar-refractivity contribution in [3.63, 3.8) is 0 Å². The first-order chi connectivity index (χ1) is 20.7. The zero-order chi connectivity index (χ0) is 30.7. The van der Waals surface area contributed by atoms with Gasteiger partial charge in [0.2, 0.25) is 5.91 Å². The molecule has 2 aliphatic rings. The highest BCUT2D eigenvalue weighted by atomic mass is 16.5. The Labute approximate surface area is 254 Å². The quantitative estimate of drug-likeness (QED) is 0.223. The summed E-state index contributed by atoms with van der Waals surface area (Å²) in [5.41, 5.74) is 2.70. The standard InChI is InChI=1S/C35H42N4O4/c1-25(2)31(33(41)43-5)36(4)34(42)37-21-22-38(26(3)23-37)32(40)30-24-39(30)35(27-15-9-6-10-16-27,28-17-11-7-12-18-28)29-19-13-8-14-20-29/h6-20,25-26,30-31H,21-24H2,1-5H3/t26-,30?,31?,39?/m0/s1. The van der Waals surface area contributed by atoms with Crippen LogP contribution in [0.3, 0.4) is 0 Å². The molecular weight excluding hydrogens is 540 g/mol. The van der Waals surface area contributed by atoms with Crippen LogP contribution >= 0.6 is 0 Å². The molecule has 5 rings (SSSR count). The number of rotatable bonds is 8. The summed E-state index contributed by atoms with van der Waals surface area (Å²) in [5, 5.41) is 0. The van der Waals surface area contributed by atoms with Crippen molar-refractivity contribution < 1.29 is 19.1 Å². The summed E-state index contributed by atoms with van der Waals surface area (Å²) >= 11 is 0. The first kappa shape index (κ1) is 30.3. The molecule has 3 unspecified atom stereocenters. The summed E-state index contributed by atoms with van der Waals surface area (Å²) in [7, 11) is 2.98. The maximum atomic E-state index is 14.2. The Morgan fingerprint density at radius 3 is 1.72 bits per heavy atom. The van der Waals surface area contributed by atoms with Crippen LogP contribution in [-0.4, -0.2) is 96.0 Å². The average molecular weight is 583 g/mol. The number of carbonyl (C=O) groups excluding carboxylic acids is 3. The lowest BCUT2D eigenvalue weighted by Crippen LogP contribution is -2.60. The molecule has 2 aliphatic heterocycles. The van der Waals surface area contributed by atoms with E-state index in [4.69, 9.17) is 4.74 Å². The minimum Gasteiger partial charge on any atom is -0.467 e. The second-order valence-corrected chi connectivity index (χ2v) is 11.9. The summed E-state index contributed by atoms with van der Waals surface area (Å²) in [6, 6.07) is 29.8. The Morgan fingerprint density at radius 1 is 0.814 bits per heavy atom. The fraction of sp³-hybridized carbons (Fsp3) is 0.400. The molecule has 2 saturated heterocycles. The number of hydrogen-bond donors (Lipinski definition) is 0. The molecular formula is C35H42N4O4. The van der Waals surface area contributed by atoms with Gasteiger partial charge in [0.1, 0.15) is 12.1 Å². The zero-order valence-corrected chi connectivity index (χ0v) is 25.7. The van der Waals surface area contributed by atoms with Gasteiger partial charge in [-0.3, -0.25) is 9.69 Å². The molecule has 226 valence electrons. The van der Waals surface area contributed by atoms with Gasteiger partial charge in [-0.1, -0.05) is 105 Å². The van der Waals surface area contributed by atoms with Crippen LogP contribution in [0.25, 0.3) is 0 Å². The highest BCUT2D eigenvalue weighted by Crippen LogP contribution is 2.48. The van der Waals surface area contributed by atoms with Gasteiger partial charge >= 0.3 is 12.0 Å². The Balaban J connectivity index is 1.38. The van der Waals surface area contributed by atoms with Crippen molar-refractivity contribution >= 4 is 17.9 Å². The van der Waals surface area contributed by atoms with Crippen molar-refractivity contribution in [3.8, 4) is 0 Å². The number of esters is 1. The maximum Gasteiger partial charge on any atom is 0.328 e. The van der Waals surface area contributed by atoms with Gasteiger partial charge in [-0.15, -0.1) is 0 Å². The SMILES string of the molecule is COC(=O)C(C(C)C)N(C)C(=O)N1CCN(C(=O)C2CN2C(c2ccccc2)(c2ccccc2)c2ccccc2)[C@@H](C)C1. The van der Waals surface area contributed by atoms with E-state index in [1.807, 2.05) is 43.9 Å². The van der Waals surface area contributed by atoms with Crippen LogP contribution < -0.4 is 0 Å². The summed E-state index contributed by atoms with van der Waals surface area (Å²) < 4.78 is 4.96. The highest BCUT2D eigenvalue weighted by Gasteiger charge is 2.57. The molecule has 3 aromatic rings. The number of urea groups is 1. The number of piperazine rings is 1. The summed E-state index contributed by atoms with van der Waals surface area (Å²) in [6.07, 6.45) is 0. The normalized spacial score (nSPS) is 20.8. The molecule has 2 heterocycles. The molecule has 0 bridgehead atoms. The second kappa shape index (κ2) is 12.6. The van der Waals surface area contributed by atoms with Gasteiger partial charge in [0.25, 0.3) is 0 Å². The second-order valence-electron chi connectivity index (χ2n) is 11.9. The van der Waals surface area contributed by atoms with Gasteiger partial charge in [0.05, 0.1) is 12.6 Å². The fourth-order valence-corrected chi connectivity index (χ4v) is 6.75. The van der Waals surface area contributed by atoms with E-state index in [0.717, 1.165) is 16.7 Å². The van der Waals surface area contributed by atoms with Crippen molar-refractivity contribution in [3.05, 3.63) is 108 Å². The topological polar surface area (TPSA) is 73.2 Å². The molecule has 4 atom stereocenters. The number of amides is 3. The molecule has 8 heteroatoms. The van der Waals surface area contributed by atoms with E-state index < -0.39 is 17.6 Å². The first-order valence-corrected chi connectivity index (χ1v) is 15.0. The van der Waals surface area contributed by atoms with Gasteiger partial charge in [0, 0.05) is 39.3 Å². The molecule has 8 nitrogen and oxygen atoms in total. The Kier molecular flexibility index (Phi) is 8.87. The molecule has 2 fully saturated rings. The predicted octanol–water partition coefficient (Wildman–Crippen LogP) is 4.44. The van der Waals surface area contributed by atoms with Crippen molar-refractivity contribution in [1.29, 1.82) is 0 Å². The molecule has 0 saturated carbocycles. The Hall–Kier alpha value is -4.17. The van der Waals surface area contributed by atoms with Crippen molar-refractivity contribution in [2.75, 3.05) is 40.3 Å². The van der Waals surface area contributed by atoms with Gasteiger partial charge in [-0.05, 0) is 29.5 Å². The van der Waals surface area contributed by atoms with Gasteiger partial charge in [-0.2, -0.15) is 0 Å². The van der Waals surface area contributed by atoms with E-state index >= 15 is 0 Å².